The van der Waals surface area contributed by atoms with Gasteiger partial charge < -0.3 is 4.90 Å². The van der Waals surface area contributed by atoms with Gasteiger partial charge in [-0.1, -0.05) is 201 Å². The number of rotatable bonds is 9. The molecule has 0 heterocycles. The van der Waals surface area contributed by atoms with Crippen molar-refractivity contribution in [1.82, 2.24) is 0 Å². The molecule has 3 unspecified atom stereocenters. The van der Waals surface area contributed by atoms with Crippen LogP contribution in [0.4, 0.5) is 17.1 Å². The molecule has 3 atom stereocenters. The monoisotopic (exact) mass is 807 g/mol. The summed E-state index contributed by atoms with van der Waals surface area (Å²) in [5, 5.41) is 0. The van der Waals surface area contributed by atoms with E-state index in [9.17, 15) is 0 Å². The van der Waals surface area contributed by atoms with E-state index in [1.807, 2.05) is 0 Å². The van der Waals surface area contributed by atoms with Crippen LogP contribution in [0, 0.1) is 11.8 Å². The average Bonchev–Trinajstić information content (AvgIpc) is 4.09. The maximum Gasteiger partial charge on any atom is 0.0714 e. The van der Waals surface area contributed by atoms with Crippen molar-refractivity contribution in [3.63, 3.8) is 0 Å². The molecule has 0 spiro atoms. The first kappa shape index (κ1) is 37.5. The molecule has 9 aromatic carbocycles. The highest BCUT2D eigenvalue weighted by Crippen LogP contribution is 2.58. The molecule has 0 amide bonds. The molecule has 1 heteroatoms. The van der Waals surface area contributed by atoms with Gasteiger partial charge in [-0.25, -0.2) is 0 Å². The Labute approximate surface area is 372 Å². The molecule has 12 rings (SSSR count). The summed E-state index contributed by atoms with van der Waals surface area (Å²) in [6, 6.07) is 85.8. The van der Waals surface area contributed by atoms with Crippen LogP contribution in [0.15, 0.2) is 231 Å². The van der Waals surface area contributed by atoms with Gasteiger partial charge >= 0.3 is 0 Å². The number of benzene rings is 9. The third-order valence-corrected chi connectivity index (χ3v) is 14.7. The van der Waals surface area contributed by atoms with E-state index in [-0.39, 0.29) is 0 Å². The smallest absolute Gasteiger partial charge is 0.0714 e. The van der Waals surface area contributed by atoms with Crippen molar-refractivity contribution in [2.75, 3.05) is 4.90 Å². The Kier molecular flexibility index (Phi) is 9.29. The van der Waals surface area contributed by atoms with Gasteiger partial charge in [0.25, 0.3) is 0 Å². The lowest BCUT2D eigenvalue weighted by Crippen LogP contribution is -2.28. The second kappa shape index (κ2) is 15.6. The van der Waals surface area contributed by atoms with Crippen LogP contribution in [0.5, 0.6) is 0 Å². The highest BCUT2D eigenvalue weighted by Gasteiger charge is 2.46. The van der Waals surface area contributed by atoms with Crippen molar-refractivity contribution >= 4 is 17.1 Å². The Hall–Kier alpha value is -7.22. The van der Waals surface area contributed by atoms with Crippen LogP contribution in [-0.4, -0.2) is 0 Å². The molecular weight excluding hydrogens is 759 g/mol. The predicted octanol–water partition coefficient (Wildman–Crippen LogP) is 16.4. The van der Waals surface area contributed by atoms with Crippen molar-refractivity contribution < 1.29 is 0 Å². The van der Waals surface area contributed by atoms with Gasteiger partial charge in [-0.15, -0.1) is 0 Å². The van der Waals surface area contributed by atoms with E-state index < -0.39 is 5.41 Å². The first-order valence-corrected chi connectivity index (χ1v) is 22.8. The molecule has 0 aliphatic heterocycles. The molecular formula is C62H49N. The summed E-state index contributed by atoms with van der Waals surface area (Å²) < 4.78 is 0. The van der Waals surface area contributed by atoms with Crippen LogP contribution < -0.4 is 4.90 Å². The van der Waals surface area contributed by atoms with Gasteiger partial charge in [-0.3, -0.25) is 0 Å². The van der Waals surface area contributed by atoms with Crippen molar-refractivity contribution in [2.45, 2.75) is 37.0 Å². The zero-order valence-electron chi connectivity index (χ0n) is 35.4. The van der Waals surface area contributed by atoms with Crippen LogP contribution in [-0.2, 0) is 5.41 Å². The number of hydrogen-bond donors (Lipinski definition) is 0. The van der Waals surface area contributed by atoms with E-state index in [4.69, 9.17) is 0 Å². The largest absolute Gasteiger partial charge is 0.310 e. The molecule has 63 heavy (non-hydrogen) atoms. The van der Waals surface area contributed by atoms with Gasteiger partial charge in [0.2, 0.25) is 0 Å². The summed E-state index contributed by atoms with van der Waals surface area (Å²) in [6.07, 6.45) is 5.56. The Morgan fingerprint density at radius 1 is 0.349 bits per heavy atom. The fraction of sp³-hybridized carbons (Fsp3) is 0.129. The molecule has 2 saturated carbocycles. The van der Waals surface area contributed by atoms with Crippen molar-refractivity contribution in [3.8, 4) is 44.5 Å². The first-order chi connectivity index (χ1) is 31.2. The number of fused-ring (bicyclic) bond motifs is 5. The van der Waals surface area contributed by atoms with Gasteiger partial charge in [-0.2, -0.15) is 0 Å². The number of nitrogens with zero attached hydrogens (tertiary/aromatic N) is 1. The Morgan fingerprint density at radius 2 is 0.825 bits per heavy atom. The minimum absolute atomic E-state index is 0.481. The summed E-state index contributed by atoms with van der Waals surface area (Å²) >= 11 is 0. The number of anilines is 3. The molecule has 1 nitrogen and oxygen atoms in total. The van der Waals surface area contributed by atoms with E-state index >= 15 is 0 Å². The fourth-order valence-corrected chi connectivity index (χ4v) is 11.9. The Balaban J connectivity index is 1.01. The van der Waals surface area contributed by atoms with E-state index in [0.29, 0.717) is 5.92 Å². The SMILES string of the molecule is c1ccc(-c2ccccc2-c2ccccc2-c2ccc(N(c3ccc(C4CC5CCC4C5)cc3)c3ccc4c(c3)C(c3ccccc3)(c3ccccc3)c3ccccc3-4)cc2)cc1. The maximum atomic E-state index is 2.49. The van der Waals surface area contributed by atoms with Gasteiger partial charge in [0, 0.05) is 17.1 Å². The minimum Gasteiger partial charge on any atom is -0.310 e. The normalized spacial score (nSPS) is 17.9. The third-order valence-electron chi connectivity index (χ3n) is 14.7. The molecule has 0 saturated heterocycles. The van der Waals surface area contributed by atoms with Crippen molar-refractivity contribution in [2.24, 2.45) is 11.8 Å². The lowest BCUT2D eigenvalue weighted by Gasteiger charge is -2.35. The second-order valence-corrected chi connectivity index (χ2v) is 18.0. The van der Waals surface area contributed by atoms with Crippen LogP contribution in [0.1, 0.15) is 59.4 Å². The lowest BCUT2D eigenvalue weighted by atomic mass is 9.67. The summed E-state index contributed by atoms with van der Waals surface area (Å²) in [5.74, 6) is 2.44. The summed E-state index contributed by atoms with van der Waals surface area (Å²) in [7, 11) is 0. The van der Waals surface area contributed by atoms with E-state index in [1.165, 1.54) is 104 Å². The van der Waals surface area contributed by atoms with Crippen LogP contribution in [0.25, 0.3) is 44.5 Å². The first-order valence-electron chi connectivity index (χ1n) is 22.8. The highest BCUT2D eigenvalue weighted by atomic mass is 15.1. The van der Waals surface area contributed by atoms with Crippen LogP contribution in [0.2, 0.25) is 0 Å². The molecule has 3 aliphatic rings. The zero-order chi connectivity index (χ0) is 41.7. The molecule has 2 fully saturated rings. The standard InChI is InChI=1S/C62H49N/c1-4-16-44(17-5-1)53-22-10-12-24-55(53)56-25-13-11-23-54(56)45-30-34-50(35-31-45)63(51-36-32-46(33-37-51)59-41-43-28-29-47(59)40-43)52-38-39-58-57-26-14-15-27-60(57)62(61(58)42-52,48-18-6-2-7-19-48)49-20-8-3-9-21-49/h1-27,30-39,42-43,47,59H,28-29,40-41H2. The van der Waals surface area contributed by atoms with Gasteiger partial charge in [-0.05, 0) is 146 Å². The summed E-state index contributed by atoms with van der Waals surface area (Å²) in [4.78, 5) is 2.48. The summed E-state index contributed by atoms with van der Waals surface area (Å²) in [6.45, 7) is 0. The topological polar surface area (TPSA) is 3.24 Å². The Morgan fingerprint density at radius 3 is 1.40 bits per heavy atom. The number of hydrogen-bond acceptors (Lipinski definition) is 1. The molecule has 9 aromatic rings. The predicted molar refractivity (Wildman–Crippen MR) is 263 cm³/mol. The Bertz CT molecular complexity index is 3020. The molecule has 2 bridgehead atoms. The van der Waals surface area contributed by atoms with Crippen LogP contribution in [0.3, 0.4) is 0 Å². The van der Waals surface area contributed by atoms with Crippen molar-refractivity contribution in [3.05, 3.63) is 258 Å². The van der Waals surface area contributed by atoms with Gasteiger partial charge in [0.15, 0.2) is 0 Å². The molecule has 0 N–H and O–H groups in total. The maximum absolute atomic E-state index is 2.49. The minimum atomic E-state index is -0.481. The summed E-state index contributed by atoms with van der Waals surface area (Å²) in [5.41, 5.74) is 19.6. The van der Waals surface area contributed by atoms with Crippen LogP contribution >= 0.6 is 0 Å². The van der Waals surface area contributed by atoms with Crippen molar-refractivity contribution in [1.29, 1.82) is 0 Å². The molecule has 0 radical (unpaired) electrons. The van der Waals surface area contributed by atoms with E-state index in [0.717, 1.165) is 23.2 Å². The van der Waals surface area contributed by atoms with E-state index in [1.54, 1.807) is 0 Å². The molecule has 302 valence electrons. The quantitative estimate of drug-likeness (QED) is 0.140. The lowest BCUT2D eigenvalue weighted by molar-refractivity contribution is 0.420. The van der Waals surface area contributed by atoms with Gasteiger partial charge in [0.05, 0.1) is 5.41 Å². The van der Waals surface area contributed by atoms with Gasteiger partial charge in [0.1, 0.15) is 0 Å². The molecule has 0 aromatic heterocycles. The second-order valence-electron chi connectivity index (χ2n) is 18.0. The third kappa shape index (κ3) is 6.29. The van der Waals surface area contributed by atoms with E-state index in [2.05, 4.69) is 235 Å². The molecule has 3 aliphatic carbocycles. The average molecular weight is 808 g/mol. The zero-order valence-corrected chi connectivity index (χ0v) is 35.4. The highest BCUT2D eigenvalue weighted by molar-refractivity contribution is 5.93. The fourth-order valence-electron chi connectivity index (χ4n) is 11.9.